The van der Waals surface area contributed by atoms with Gasteiger partial charge in [-0.25, -0.2) is 0 Å². The lowest BCUT2D eigenvalue weighted by molar-refractivity contribution is -0.144. The highest BCUT2D eigenvalue weighted by Gasteiger charge is 2.30. The van der Waals surface area contributed by atoms with Gasteiger partial charge < -0.3 is 9.53 Å². The van der Waals surface area contributed by atoms with E-state index in [1.807, 2.05) is 0 Å². The molecule has 0 bridgehead atoms. The molecule has 68 valence electrons. The molecule has 0 spiro atoms. The number of esters is 1. The highest BCUT2D eigenvalue weighted by atomic mass is 16.5. The minimum absolute atomic E-state index is 0.230. The van der Waals surface area contributed by atoms with Gasteiger partial charge in [0.2, 0.25) is 0 Å². The summed E-state index contributed by atoms with van der Waals surface area (Å²) in [5.74, 6) is 0.660. The van der Waals surface area contributed by atoms with Gasteiger partial charge in [0.15, 0.2) is 0 Å². The molecule has 0 aromatic rings. The Morgan fingerprint density at radius 2 is 2.17 bits per heavy atom. The van der Waals surface area contributed by atoms with E-state index in [9.17, 15) is 9.59 Å². The van der Waals surface area contributed by atoms with Crippen LogP contribution in [0.4, 0.5) is 0 Å². The van der Waals surface area contributed by atoms with Crippen molar-refractivity contribution < 1.29 is 14.3 Å². The van der Waals surface area contributed by atoms with Gasteiger partial charge in [-0.05, 0) is 24.7 Å². The van der Waals surface area contributed by atoms with Crippen molar-refractivity contribution in [3.05, 3.63) is 0 Å². The van der Waals surface area contributed by atoms with E-state index in [4.69, 9.17) is 4.74 Å². The molecule has 0 amide bonds. The summed E-state index contributed by atoms with van der Waals surface area (Å²) >= 11 is 0. The molecule has 1 aliphatic rings. The van der Waals surface area contributed by atoms with Gasteiger partial charge in [0.1, 0.15) is 6.29 Å². The zero-order chi connectivity index (χ0) is 8.97. The van der Waals surface area contributed by atoms with Crippen LogP contribution in [0.25, 0.3) is 0 Å². The van der Waals surface area contributed by atoms with Crippen LogP contribution in [0.2, 0.25) is 0 Å². The van der Waals surface area contributed by atoms with Crippen LogP contribution in [0.1, 0.15) is 26.2 Å². The van der Waals surface area contributed by atoms with Crippen molar-refractivity contribution >= 4 is 12.3 Å². The second-order valence-electron chi connectivity index (χ2n) is 3.30. The van der Waals surface area contributed by atoms with Crippen molar-refractivity contribution in [2.75, 3.05) is 6.61 Å². The molecular formula is C9H14O3. The summed E-state index contributed by atoms with van der Waals surface area (Å²) in [7, 11) is 0. The number of carbonyl (C=O) groups is 2. The van der Waals surface area contributed by atoms with Gasteiger partial charge in [0, 0.05) is 13.3 Å². The summed E-state index contributed by atoms with van der Waals surface area (Å²) in [5, 5.41) is 0. The van der Waals surface area contributed by atoms with Crippen LogP contribution in [0, 0.1) is 11.8 Å². The molecule has 0 radical (unpaired) electrons. The van der Waals surface area contributed by atoms with Gasteiger partial charge in [-0.15, -0.1) is 0 Å². The Hall–Kier alpha value is -0.860. The Kier molecular flexibility index (Phi) is 3.26. The molecule has 1 rings (SSSR count). The van der Waals surface area contributed by atoms with Crippen LogP contribution in [0.15, 0.2) is 0 Å². The molecule has 3 heteroatoms. The zero-order valence-corrected chi connectivity index (χ0v) is 7.29. The van der Waals surface area contributed by atoms with Crippen molar-refractivity contribution in [3.63, 3.8) is 0 Å². The summed E-state index contributed by atoms with van der Waals surface area (Å²) < 4.78 is 4.87. The standard InChI is InChI=1S/C9H14O3/c1-7(11)12-6-9-3-2-8(9)4-5-10/h5,8-9H,2-4,6H2,1H3/t8-,9-/m0/s1. The molecule has 0 heterocycles. The summed E-state index contributed by atoms with van der Waals surface area (Å²) in [4.78, 5) is 20.6. The number of rotatable bonds is 4. The maximum atomic E-state index is 10.5. The third-order valence-electron chi connectivity index (χ3n) is 2.47. The van der Waals surface area contributed by atoms with Crippen LogP contribution in [0.5, 0.6) is 0 Å². The van der Waals surface area contributed by atoms with E-state index in [2.05, 4.69) is 0 Å². The Bertz CT molecular complexity index is 177. The first-order valence-electron chi connectivity index (χ1n) is 4.31. The molecule has 0 unspecified atom stereocenters. The Balaban J connectivity index is 2.16. The fourth-order valence-electron chi connectivity index (χ4n) is 1.52. The Morgan fingerprint density at radius 1 is 1.50 bits per heavy atom. The lowest BCUT2D eigenvalue weighted by atomic mass is 9.73. The molecule has 1 fully saturated rings. The average molecular weight is 170 g/mol. The molecule has 1 saturated carbocycles. The van der Waals surface area contributed by atoms with Crippen molar-refractivity contribution in [1.82, 2.24) is 0 Å². The molecule has 1 aliphatic carbocycles. The summed E-state index contributed by atoms with van der Waals surface area (Å²) in [5.41, 5.74) is 0. The SMILES string of the molecule is CC(=O)OC[C@@H]1CC[C@H]1CC=O. The minimum Gasteiger partial charge on any atom is -0.466 e. The second kappa shape index (κ2) is 4.24. The first-order chi connectivity index (χ1) is 5.74. The lowest BCUT2D eigenvalue weighted by Gasteiger charge is -2.34. The summed E-state index contributed by atoms with van der Waals surface area (Å²) in [6.45, 7) is 1.90. The van der Waals surface area contributed by atoms with Crippen LogP contribution < -0.4 is 0 Å². The molecule has 0 N–H and O–H groups in total. The molecule has 3 nitrogen and oxygen atoms in total. The largest absolute Gasteiger partial charge is 0.466 e. The number of ether oxygens (including phenoxy) is 1. The maximum Gasteiger partial charge on any atom is 0.302 e. The average Bonchev–Trinajstić information content (AvgIpc) is 1.98. The van der Waals surface area contributed by atoms with E-state index in [0.29, 0.717) is 24.9 Å². The highest BCUT2D eigenvalue weighted by molar-refractivity contribution is 5.65. The molecular weight excluding hydrogens is 156 g/mol. The predicted octanol–water partition coefficient (Wildman–Crippen LogP) is 1.16. The van der Waals surface area contributed by atoms with Crippen LogP contribution >= 0.6 is 0 Å². The first-order valence-corrected chi connectivity index (χ1v) is 4.31. The quantitative estimate of drug-likeness (QED) is 0.469. The van der Waals surface area contributed by atoms with Gasteiger partial charge in [-0.2, -0.15) is 0 Å². The third-order valence-corrected chi connectivity index (χ3v) is 2.47. The molecule has 0 aromatic carbocycles. The fraction of sp³-hybridized carbons (Fsp3) is 0.778. The fourth-order valence-corrected chi connectivity index (χ4v) is 1.52. The van der Waals surface area contributed by atoms with E-state index in [1.165, 1.54) is 6.92 Å². The monoisotopic (exact) mass is 170 g/mol. The van der Waals surface area contributed by atoms with E-state index < -0.39 is 0 Å². The van der Waals surface area contributed by atoms with Crippen molar-refractivity contribution in [2.45, 2.75) is 26.2 Å². The number of hydrogen-bond acceptors (Lipinski definition) is 3. The number of carbonyl (C=O) groups excluding carboxylic acids is 2. The molecule has 12 heavy (non-hydrogen) atoms. The third kappa shape index (κ3) is 2.32. The van der Waals surface area contributed by atoms with Gasteiger partial charge in [-0.1, -0.05) is 0 Å². The lowest BCUT2D eigenvalue weighted by Crippen LogP contribution is -2.30. The summed E-state index contributed by atoms with van der Waals surface area (Å²) in [6.07, 6.45) is 3.76. The Labute approximate surface area is 72.1 Å². The molecule has 0 aromatic heterocycles. The zero-order valence-electron chi connectivity index (χ0n) is 7.29. The van der Waals surface area contributed by atoms with Crippen LogP contribution in [-0.4, -0.2) is 18.9 Å². The highest BCUT2D eigenvalue weighted by Crippen LogP contribution is 2.36. The minimum atomic E-state index is -0.230. The van der Waals surface area contributed by atoms with E-state index in [0.717, 1.165) is 19.1 Å². The van der Waals surface area contributed by atoms with Gasteiger partial charge >= 0.3 is 5.97 Å². The van der Waals surface area contributed by atoms with E-state index in [-0.39, 0.29) is 5.97 Å². The summed E-state index contributed by atoms with van der Waals surface area (Å²) in [6, 6.07) is 0. The topological polar surface area (TPSA) is 43.4 Å². The number of hydrogen-bond donors (Lipinski definition) is 0. The second-order valence-corrected chi connectivity index (χ2v) is 3.30. The molecule has 0 aliphatic heterocycles. The molecule has 2 atom stereocenters. The van der Waals surface area contributed by atoms with Gasteiger partial charge in [0.25, 0.3) is 0 Å². The normalized spacial score (nSPS) is 27.4. The van der Waals surface area contributed by atoms with Gasteiger partial charge in [-0.3, -0.25) is 4.79 Å². The van der Waals surface area contributed by atoms with Crippen molar-refractivity contribution in [1.29, 1.82) is 0 Å². The van der Waals surface area contributed by atoms with E-state index in [1.54, 1.807) is 0 Å². The van der Waals surface area contributed by atoms with Gasteiger partial charge in [0.05, 0.1) is 6.61 Å². The van der Waals surface area contributed by atoms with E-state index >= 15 is 0 Å². The van der Waals surface area contributed by atoms with Crippen molar-refractivity contribution in [2.24, 2.45) is 11.8 Å². The maximum absolute atomic E-state index is 10.5. The molecule has 0 saturated heterocycles. The first kappa shape index (κ1) is 9.23. The van der Waals surface area contributed by atoms with Crippen LogP contribution in [0.3, 0.4) is 0 Å². The van der Waals surface area contributed by atoms with Crippen LogP contribution in [-0.2, 0) is 14.3 Å². The van der Waals surface area contributed by atoms with Crippen molar-refractivity contribution in [3.8, 4) is 0 Å². The number of aldehydes is 1. The Morgan fingerprint density at radius 3 is 2.58 bits per heavy atom. The predicted molar refractivity (Wildman–Crippen MR) is 43.5 cm³/mol. The smallest absolute Gasteiger partial charge is 0.302 e.